The normalized spacial score (nSPS) is 13.3. The minimum absolute atomic E-state index is 0.351. The highest BCUT2D eigenvalue weighted by atomic mass is 32.1. The van der Waals surface area contributed by atoms with Gasteiger partial charge in [0.15, 0.2) is 0 Å². The molecular formula is C32H42N6OS2. The number of hydrogen-bond acceptors (Lipinski definition) is 9. The monoisotopic (exact) mass is 590 g/mol. The van der Waals surface area contributed by atoms with E-state index in [1.54, 1.807) is 0 Å². The predicted molar refractivity (Wildman–Crippen MR) is 175 cm³/mol. The summed E-state index contributed by atoms with van der Waals surface area (Å²) < 4.78 is 6.96. The van der Waals surface area contributed by atoms with Crippen LogP contribution >= 0.6 is 22.7 Å². The Morgan fingerprint density at radius 3 is 2.00 bits per heavy atom. The number of anilines is 1. The Labute approximate surface area is 252 Å². The standard InChI is InChI=1S/C32H42N6OS2/c1-21(2)38(22(3)4)26-13-9-24(10-14-26)35-37-31-33-30-28(40-31)19-29(41-30)36-34-25-11-15-27(16-12-25)39-18-17-23(5)20-32(6,7)8/h9-16,19,21-23H,17-18,20H2,1-8H3/b36-34+,37-35+. The van der Waals surface area contributed by atoms with E-state index in [-0.39, 0.29) is 0 Å². The van der Waals surface area contributed by atoms with Gasteiger partial charge in [0.1, 0.15) is 15.6 Å². The van der Waals surface area contributed by atoms with Crippen molar-refractivity contribution in [3.8, 4) is 5.75 Å². The summed E-state index contributed by atoms with van der Waals surface area (Å²) in [6.45, 7) is 18.7. The van der Waals surface area contributed by atoms with E-state index in [0.29, 0.717) is 28.5 Å². The zero-order chi connectivity index (χ0) is 29.6. The van der Waals surface area contributed by atoms with Crippen LogP contribution in [-0.2, 0) is 0 Å². The number of thiazole rings is 1. The molecule has 41 heavy (non-hydrogen) atoms. The van der Waals surface area contributed by atoms with Crippen molar-refractivity contribution in [2.45, 2.75) is 80.3 Å². The SMILES string of the molecule is CC(CCOc1ccc(/N=N/c2cc3sc(/N=N/c4ccc(N(C(C)C)C(C)C)cc4)nc3s2)cc1)CC(C)(C)C. The predicted octanol–water partition coefficient (Wildman–Crippen LogP) is 11.7. The van der Waals surface area contributed by atoms with Crippen molar-refractivity contribution in [2.75, 3.05) is 11.5 Å². The molecule has 0 aliphatic heterocycles. The van der Waals surface area contributed by atoms with Crippen molar-refractivity contribution in [2.24, 2.45) is 31.8 Å². The molecule has 0 aliphatic carbocycles. The second-order valence-corrected chi connectivity index (χ2v) is 14.3. The lowest BCUT2D eigenvalue weighted by Gasteiger charge is -2.33. The van der Waals surface area contributed by atoms with Gasteiger partial charge in [-0.15, -0.1) is 20.5 Å². The maximum Gasteiger partial charge on any atom is 0.231 e. The average Bonchev–Trinajstić information content (AvgIpc) is 3.45. The molecule has 0 aliphatic rings. The summed E-state index contributed by atoms with van der Waals surface area (Å²) in [4.78, 5) is 7.89. The van der Waals surface area contributed by atoms with Crippen LogP contribution in [-0.4, -0.2) is 23.7 Å². The molecule has 0 bridgehead atoms. The Kier molecular flexibility index (Phi) is 10.3. The van der Waals surface area contributed by atoms with Crippen LogP contribution in [0.5, 0.6) is 5.75 Å². The van der Waals surface area contributed by atoms with Gasteiger partial charge in [0.2, 0.25) is 5.13 Å². The average molecular weight is 591 g/mol. The lowest BCUT2D eigenvalue weighted by atomic mass is 9.84. The van der Waals surface area contributed by atoms with Crippen molar-refractivity contribution in [1.29, 1.82) is 0 Å². The first-order valence-corrected chi connectivity index (χ1v) is 16.0. The molecule has 1 atom stereocenters. The molecule has 0 amide bonds. The summed E-state index contributed by atoms with van der Waals surface area (Å²) in [6, 6.07) is 18.8. The molecule has 0 radical (unpaired) electrons. The largest absolute Gasteiger partial charge is 0.494 e. The number of fused-ring (bicyclic) bond motifs is 1. The third-order valence-electron chi connectivity index (χ3n) is 6.52. The number of ether oxygens (including phenoxy) is 1. The Balaban J connectivity index is 1.30. The molecule has 0 spiro atoms. The highest BCUT2D eigenvalue weighted by Gasteiger charge is 2.16. The molecule has 9 heteroatoms. The van der Waals surface area contributed by atoms with Crippen LogP contribution in [0.1, 0.15) is 68.2 Å². The van der Waals surface area contributed by atoms with Gasteiger partial charge in [-0.1, -0.05) is 50.4 Å². The maximum atomic E-state index is 5.93. The molecule has 4 rings (SSSR count). The molecule has 0 saturated heterocycles. The number of nitrogens with zero attached hydrogens (tertiary/aromatic N) is 6. The molecule has 0 N–H and O–H groups in total. The molecule has 7 nitrogen and oxygen atoms in total. The van der Waals surface area contributed by atoms with Crippen LogP contribution in [0.4, 0.5) is 27.2 Å². The van der Waals surface area contributed by atoms with Gasteiger partial charge in [0.25, 0.3) is 0 Å². The summed E-state index contributed by atoms with van der Waals surface area (Å²) >= 11 is 3.00. The lowest BCUT2D eigenvalue weighted by Crippen LogP contribution is -2.36. The fourth-order valence-electron chi connectivity index (χ4n) is 5.03. The second-order valence-electron chi connectivity index (χ2n) is 12.3. The van der Waals surface area contributed by atoms with E-state index in [9.17, 15) is 0 Å². The number of azo groups is 2. The number of thiophene rings is 1. The van der Waals surface area contributed by atoms with E-state index in [4.69, 9.17) is 4.74 Å². The summed E-state index contributed by atoms with van der Waals surface area (Å²) in [6.07, 6.45) is 2.25. The van der Waals surface area contributed by atoms with E-state index in [2.05, 4.69) is 97.9 Å². The summed E-state index contributed by atoms with van der Waals surface area (Å²) in [5.41, 5.74) is 3.13. The van der Waals surface area contributed by atoms with Crippen molar-refractivity contribution < 1.29 is 4.74 Å². The van der Waals surface area contributed by atoms with E-state index in [0.717, 1.165) is 44.7 Å². The van der Waals surface area contributed by atoms with Gasteiger partial charge in [-0.05, 0) is 106 Å². The highest BCUT2D eigenvalue weighted by molar-refractivity contribution is 7.30. The van der Waals surface area contributed by atoms with Gasteiger partial charge in [-0.2, -0.15) is 0 Å². The third-order valence-corrected chi connectivity index (χ3v) is 8.45. The van der Waals surface area contributed by atoms with Gasteiger partial charge in [-0.25, -0.2) is 4.98 Å². The van der Waals surface area contributed by atoms with E-state index in [1.807, 2.05) is 42.5 Å². The van der Waals surface area contributed by atoms with E-state index >= 15 is 0 Å². The zero-order valence-electron chi connectivity index (χ0n) is 25.5. The zero-order valence-corrected chi connectivity index (χ0v) is 27.1. The minimum atomic E-state index is 0.351. The Morgan fingerprint density at radius 1 is 0.805 bits per heavy atom. The number of aromatic nitrogens is 1. The molecule has 2 heterocycles. The number of rotatable bonds is 12. The van der Waals surface area contributed by atoms with Crippen LogP contribution in [0.25, 0.3) is 9.53 Å². The van der Waals surface area contributed by atoms with Gasteiger partial charge in [0, 0.05) is 17.8 Å². The van der Waals surface area contributed by atoms with Gasteiger partial charge < -0.3 is 9.64 Å². The molecule has 0 saturated carbocycles. The summed E-state index contributed by atoms with van der Waals surface area (Å²) in [5, 5.41) is 19.0. The van der Waals surface area contributed by atoms with Crippen molar-refractivity contribution in [3.05, 3.63) is 54.6 Å². The molecular weight excluding hydrogens is 549 g/mol. The second kappa shape index (κ2) is 13.7. The fourth-order valence-corrected chi connectivity index (χ4v) is 6.88. The van der Waals surface area contributed by atoms with Crippen LogP contribution in [0.2, 0.25) is 0 Å². The van der Waals surface area contributed by atoms with Gasteiger partial charge >= 0.3 is 0 Å². The van der Waals surface area contributed by atoms with Crippen LogP contribution < -0.4 is 9.64 Å². The Morgan fingerprint density at radius 2 is 1.41 bits per heavy atom. The van der Waals surface area contributed by atoms with Gasteiger partial charge in [-0.3, -0.25) is 0 Å². The van der Waals surface area contributed by atoms with Crippen LogP contribution in [0, 0.1) is 11.3 Å². The first-order chi connectivity index (χ1) is 19.5. The number of benzene rings is 2. The fraction of sp³-hybridized carbons (Fsp3) is 0.469. The van der Waals surface area contributed by atoms with E-state index in [1.165, 1.54) is 34.8 Å². The molecule has 2 aromatic heterocycles. The molecule has 0 fully saturated rings. The van der Waals surface area contributed by atoms with Crippen molar-refractivity contribution in [1.82, 2.24) is 4.98 Å². The molecule has 4 aromatic rings. The molecule has 218 valence electrons. The minimum Gasteiger partial charge on any atom is -0.494 e. The first-order valence-electron chi connectivity index (χ1n) is 14.3. The van der Waals surface area contributed by atoms with Crippen LogP contribution in [0.3, 0.4) is 0 Å². The van der Waals surface area contributed by atoms with Crippen LogP contribution in [0.15, 0.2) is 75.1 Å². The Hall–Kier alpha value is -3.17. The van der Waals surface area contributed by atoms with Gasteiger partial charge in [0.05, 0.1) is 22.7 Å². The van der Waals surface area contributed by atoms with E-state index < -0.39 is 0 Å². The quantitative estimate of drug-likeness (QED) is 0.154. The van der Waals surface area contributed by atoms with Crippen molar-refractivity contribution >= 4 is 59.4 Å². The lowest BCUT2D eigenvalue weighted by molar-refractivity contribution is 0.240. The topological polar surface area (TPSA) is 74.8 Å². The summed E-state index contributed by atoms with van der Waals surface area (Å²) in [5.74, 6) is 1.50. The highest BCUT2D eigenvalue weighted by Crippen LogP contribution is 2.39. The Bertz CT molecular complexity index is 1410. The number of hydrogen-bond donors (Lipinski definition) is 0. The third kappa shape index (κ3) is 9.16. The smallest absolute Gasteiger partial charge is 0.231 e. The molecule has 1 unspecified atom stereocenters. The first kappa shape index (κ1) is 30.8. The molecule has 2 aromatic carbocycles. The summed E-state index contributed by atoms with van der Waals surface area (Å²) in [7, 11) is 0. The van der Waals surface area contributed by atoms with Crippen molar-refractivity contribution in [3.63, 3.8) is 0 Å². The maximum absolute atomic E-state index is 5.93.